The van der Waals surface area contributed by atoms with Gasteiger partial charge in [0.05, 0.1) is 28.2 Å². The van der Waals surface area contributed by atoms with E-state index in [1.807, 2.05) is 30.3 Å². The number of carbonyl (C=O) groups is 1. The predicted molar refractivity (Wildman–Crippen MR) is 109 cm³/mol. The van der Waals surface area contributed by atoms with Crippen LogP contribution in [-0.2, 0) is 21.1 Å². The lowest BCUT2D eigenvalue weighted by Crippen LogP contribution is -2.14. The Labute approximate surface area is 161 Å². The lowest BCUT2D eigenvalue weighted by atomic mass is 10.0. The summed E-state index contributed by atoms with van der Waals surface area (Å²) in [6.45, 7) is 0. The third kappa shape index (κ3) is 3.07. The summed E-state index contributed by atoms with van der Waals surface area (Å²) >= 11 is 0. The molecule has 0 saturated heterocycles. The molecule has 1 aromatic heterocycles. The molecule has 0 saturated carbocycles. The van der Waals surface area contributed by atoms with Crippen molar-refractivity contribution >= 4 is 43.1 Å². The van der Waals surface area contributed by atoms with Gasteiger partial charge in [0, 0.05) is 22.7 Å². The third-order valence-corrected chi connectivity index (χ3v) is 5.74. The van der Waals surface area contributed by atoms with Gasteiger partial charge in [-0.1, -0.05) is 18.2 Å². The second-order valence-electron chi connectivity index (χ2n) is 6.71. The zero-order valence-electron chi connectivity index (χ0n) is 15.1. The van der Waals surface area contributed by atoms with Gasteiger partial charge in [-0.25, -0.2) is 13.1 Å². The van der Waals surface area contributed by atoms with Crippen molar-refractivity contribution in [1.29, 1.82) is 0 Å². The number of amides is 1. The fourth-order valence-corrected chi connectivity index (χ4v) is 3.95. The molecule has 0 fully saturated rings. The molecule has 0 aliphatic rings. The fourth-order valence-electron chi connectivity index (χ4n) is 3.32. The van der Waals surface area contributed by atoms with Crippen molar-refractivity contribution in [3.8, 4) is 5.69 Å². The number of nitrogens with zero attached hydrogens (tertiary/aromatic N) is 2. The van der Waals surface area contributed by atoms with Crippen LogP contribution in [0.5, 0.6) is 0 Å². The van der Waals surface area contributed by atoms with Crippen molar-refractivity contribution < 1.29 is 13.2 Å². The maximum Gasteiger partial charge on any atom is 0.223 e. The van der Waals surface area contributed by atoms with Crippen LogP contribution >= 0.6 is 0 Å². The molecular weight excluding hydrogens is 376 g/mol. The number of nitrogen functional groups attached to an aromatic ring is 1. The van der Waals surface area contributed by atoms with Crippen LogP contribution in [0.15, 0.2) is 59.5 Å². The van der Waals surface area contributed by atoms with Crippen LogP contribution in [0.25, 0.3) is 27.4 Å². The SMILES string of the molecule is CS(=O)(=O)c1ccc(-n2nc(CC(N)=O)c3ccc4ccc(N)cc4c32)cc1. The first-order valence-corrected chi connectivity index (χ1v) is 10.4. The molecule has 0 radical (unpaired) electrons. The summed E-state index contributed by atoms with van der Waals surface area (Å²) < 4.78 is 25.2. The number of anilines is 1. The van der Waals surface area contributed by atoms with Crippen molar-refractivity contribution in [1.82, 2.24) is 9.78 Å². The lowest BCUT2D eigenvalue weighted by Gasteiger charge is -2.08. The normalized spacial score (nSPS) is 11.9. The number of benzene rings is 3. The van der Waals surface area contributed by atoms with Gasteiger partial charge in [0.1, 0.15) is 0 Å². The van der Waals surface area contributed by atoms with Gasteiger partial charge >= 0.3 is 0 Å². The molecule has 4 N–H and O–H groups in total. The first kappa shape index (κ1) is 18.0. The second kappa shape index (κ2) is 6.35. The van der Waals surface area contributed by atoms with Crippen molar-refractivity contribution in [3.63, 3.8) is 0 Å². The Hall–Kier alpha value is -3.39. The minimum atomic E-state index is -3.30. The molecular formula is C20H18N4O3S. The van der Waals surface area contributed by atoms with E-state index in [9.17, 15) is 13.2 Å². The number of primary amides is 1. The quantitative estimate of drug-likeness (QED) is 0.514. The van der Waals surface area contributed by atoms with Crippen molar-refractivity contribution in [3.05, 3.63) is 60.3 Å². The van der Waals surface area contributed by atoms with Gasteiger partial charge < -0.3 is 11.5 Å². The zero-order chi connectivity index (χ0) is 20.1. The number of nitrogens with two attached hydrogens (primary N) is 2. The standard InChI is InChI=1S/C20H18N4O3S/c1-28(26,27)15-7-5-14(6-8-15)24-20-16(18(23-24)11-19(22)25)9-3-12-2-4-13(21)10-17(12)20/h2-10H,11,21H2,1H3,(H2,22,25). The number of aromatic nitrogens is 2. The summed E-state index contributed by atoms with van der Waals surface area (Å²) in [5, 5.41) is 7.25. The highest BCUT2D eigenvalue weighted by Gasteiger charge is 2.17. The van der Waals surface area contributed by atoms with Gasteiger partial charge in [-0.2, -0.15) is 5.10 Å². The Morgan fingerprint density at radius 2 is 1.71 bits per heavy atom. The van der Waals surface area contributed by atoms with Gasteiger partial charge in [0.15, 0.2) is 9.84 Å². The molecule has 7 nitrogen and oxygen atoms in total. The van der Waals surface area contributed by atoms with E-state index in [1.165, 1.54) is 12.1 Å². The van der Waals surface area contributed by atoms with Gasteiger partial charge in [-0.3, -0.25) is 4.79 Å². The van der Waals surface area contributed by atoms with E-state index < -0.39 is 15.7 Å². The number of rotatable bonds is 4. The highest BCUT2D eigenvalue weighted by Crippen LogP contribution is 2.31. The molecule has 142 valence electrons. The highest BCUT2D eigenvalue weighted by molar-refractivity contribution is 7.90. The molecule has 8 heteroatoms. The molecule has 0 aliphatic carbocycles. The molecule has 1 amide bonds. The van der Waals surface area contributed by atoms with E-state index in [4.69, 9.17) is 11.5 Å². The summed E-state index contributed by atoms with van der Waals surface area (Å²) in [6, 6.07) is 15.9. The zero-order valence-corrected chi connectivity index (χ0v) is 15.9. The Morgan fingerprint density at radius 3 is 2.36 bits per heavy atom. The van der Waals surface area contributed by atoms with Crippen LogP contribution in [0, 0.1) is 0 Å². The largest absolute Gasteiger partial charge is 0.399 e. The average Bonchev–Trinajstić information content (AvgIpc) is 2.99. The van der Waals surface area contributed by atoms with Gasteiger partial charge in [-0.15, -0.1) is 0 Å². The maximum atomic E-state index is 11.7. The summed E-state index contributed by atoms with van der Waals surface area (Å²) in [6.07, 6.45) is 1.16. The molecule has 4 rings (SSSR count). The minimum absolute atomic E-state index is 0.00124. The van der Waals surface area contributed by atoms with Crippen LogP contribution < -0.4 is 11.5 Å². The molecule has 0 bridgehead atoms. The number of hydrogen-bond acceptors (Lipinski definition) is 5. The van der Waals surface area contributed by atoms with Gasteiger partial charge in [0.25, 0.3) is 0 Å². The Kier molecular flexibility index (Phi) is 4.08. The monoisotopic (exact) mass is 394 g/mol. The number of sulfone groups is 1. The molecule has 1 heterocycles. The Morgan fingerprint density at radius 1 is 1.04 bits per heavy atom. The lowest BCUT2D eigenvalue weighted by molar-refractivity contribution is -0.117. The van der Waals surface area contributed by atoms with Crippen molar-refractivity contribution in [2.45, 2.75) is 11.3 Å². The van der Waals surface area contributed by atoms with E-state index >= 15 is 0 Å². The molecule has 0 atom stereocenters. The molecule has 3 aromatic carbocycles. The van der Waals surface area contributed by atoms with E-state index in [-0.39, 0.29) is 11.3 Å². The minimum Gasteiger partial charge on any atom is -0.399 e. The van der Waals surface area contributed by atoms with E-state index in [0.29, 0.717) is 17.1 Å². The van der Waals surface area contributed by atoms with Crippen molar-refractivity contribution in [2.75, 3.05) is 12.0 Å². The average molecular weight is 394 g/mol. The topological polar surface area (TPSA) is 121 Å². The van der Waals surface area contributed by atoms with Gasteiger partial charge in [0.2, 0.25) is 5.91 Å². The predicted octanol–water partition coefficient (Wildman–Crippen LogP) is 2.19. The van der Waals surface area contributed by atoms with E-state index in [0.717, 1.165) is 27.9 Å². The summed E-state index contributed by atoms with van der Waals surface area (Å²) in [5.41, 5.74) is 14.0. The molecule has 28 heavy (non-hydrogen) atoms. The van der Waals surface area contributed by atoms with Gasteiger partial charge in [-0.05, 0) is 41.8 Å². The number of fused-ring (bicyclic) bond motifs is 3. The van der Waals surface area contributed by atoms with Crippen LogP contribution in [0.3, 0.4) is 0 Å². The summed E-state index contributed by atoms with van der Waals surface area (Å²) in [7, 11) is -3.30. The summed E-state index contributed by atoms with van der Waals surface area (Å²) in [4.78, 5) is 11.7. The molecule has 4 aromatic rings. The van der Waals surface area contributed by atoms with Crippen LogP contribution in [0.4, 0.5) is 5.69 Å². The van der Waals surface area contributed by atoms with E-state index in [1.54, 1.807) is 16.8 Å². The van der Waals surface area contributed by atoms with E-state index in [2.05, 4.69) is 5.10 Å². The first-order chi connectivity index (χ1) is 13.2. The number of carbonyl (C=O) groups excluding carboxylic acids is 1. The van der Waals surface area contributed by atoms with Crippen LogP contribution in [0.1, 0.15) is 5.69 Å². The molecule has 0 aliphatic heterocycles. The Balaban J connectivity index is 2.03. The van der Waals surface area contributed by atoms with Crippen LogP contribution in [-0.4, -0.2) is 30.4 Å². The van der Waals surface area contributed by atoms with Crippen LogP contribution in [0.2, 0.25) is 0 Å². The first-order valence-electron chi connectivity index (χ1n) is 8.53. The highest BCUT2D eigenvalue weighted by atomic mass is 32.2. The maximum absolute atomic E-state index is 11.7. The number of hydrogen-bond donors (Lipinski definition) is 2. The smallest absolute Gasteiger partial charge is 0.223 e. The Bertz CT molecular complexity index is 1340. The summed E-state index contributed by atoms with van der Waals surface area (Å²) in [5.74, 6) is -0.480. The second-order valence-corrected chi connectivity index (χ2v) is 8.73. The fraction of sp³-hybridized carbons (Fsp3) is 0.100. The molecule has 0 unspecified atom stereocenters. The third-order valence-electron chi connectivity index (χ3n) is 4.61. The molecule has 0 spiro atoms. The van der Waals surface area contributed by atoms with Crippen molar-refractivity contribution in [2.24, 2.45) is 5.73 Å².